The first-order chi connectivity index (χ1) is 23.8. The second kappa shape index (κ2) is 12.1. The van der Waals surface area contributed by atoms with E-state index in [1.54, 1.807) is 6.07 Å². The molecule has 50 heavy (non-hydrogen) atoms. The summed E-state index contributed by atoms with van der Waals surface area (Å²) in [6.07, 6.45) is 0. The summed E-state index contributed by atoms with van der Waals surface area (Å²) >= 11 is 0. The number of rotatable bonds is 4. The number of pyridine rings is 2. The van der Waals surface area contributed by atoms with E-state index in [2.05, 4.69) is 104 Å². The molecule has 0 atom stereocenters. The number of phenols is 1. The molecule has 0 saturated carbocycles. The quantitative estimate of drug-likeness (QED) is 0.180. The number of hydrogen-bond donors (Lipinski definition) is 1. The third kappa shape index (κ3) is 5.12. The van der Waals surface area contributed by atoms with Gasteiger partial charge in [-0.25, -0.2) is 9.97 Å². The van der Waals surface area contributed by atoms with Crippen LogP contribution in [0.15, 0.2) is 138 Å². The van der Waals surface area contributed by atoms with Crippen molar-refractivity contribution >= 4 is 43.9 Å². The minimum atomic E-state index is -0.201. The van der Waals surface area contributed by atoms with Crippen LogP contribution < -0.4 is 0 Å². The molecule has 0 saturated heterocycles. The molecule has 9 aromatic rings. The largest absolute Gasteiger partial charge is 0.507 e. The Morgan fingerprint density at radius 2 is 1.44 bits per heavy atom. The Kier molecular flexibility index (Phi) is 7.69. The van der Waals surface area contributed by atoms with E-state index in [9.17, 15) is 5.11 Å². The van der Waals surface area contributed by atoms with Gasteiger partial charge in [0.05, 0.1) is 28.2 Å². The maximum Gasteiger partial charge on any atom is 0.144 e. The summed E-state index contributed by atoms with van der Waals surface area (Å²) in [5.74, 6) is 0.146. The van der Waals surface area contributed by atoms with Crippen molar-refractivity contribution in [1.82, 2.24) is 14.5 Å². The van der Waals surface area contributed by atoms with Gasteiger partial charge in [0.25, 0.3) is 0 Å². The van der Waals surface area contributed by atoms with Crippen LogP contribution >= 0.6 is 0 Å². The third-order valence-corrected chi connectivity index (χ3v) is 9.39. The van der Waals surface area contributed by atoms with Gasteiger partial charge in [0.15, 0.2) is 0 Å². The van der Waals surface area contributed by atoms with Crippen LogP contribution in [0.3, 0.4) is 0 Å². The number of aromatic hydroxyl groups is 1. The summed E-state index contributed by atoms with van der Waals surface area (Å²) in [6.45, 7) is 6.57. The molecule has 1 N–H and O–H groups in total. The number of fused-ring (bicyclic) bond motifs is 6. The summed E-state index contributed by atoms with van der Waals surface area (Å²) in [4.78, 5) is 10.5. The van der Waals surface area contributed by atoms with Gasteiger partial charge >= 0.3 is 0 Å². The summed E-state index contributed by atoms with van der Waals surface area (Å²) in [7, 11) is 0. The Hall–Kier alpha value is -5.51. The zero-order valence-corrected chi connectivity index (χ0v) is 30.0. The van der Waals surface area contributed by atoms with E-state index >= 15 is 0 Å². The molecule has 0 unspecified atom stereocenters. The molecule has 246 valence electrons. The van der Waals surface area contributed by atoms with Crippen molar-refractivity contribution in [2.45, 2.75) is 26.2 Å². The Balaban J connectivity index is 0.00000361. The second-order valence-corrected chi connectivity index (χ2v) is 13.5. The zero-order chi connectivity index (χ0) is 33.3. The van der Waals surface area contributed by atoms with Crippen LogP contribution in [0.25, 0.3) is 83.3 Å². The summed E-state index contributed by atoms with van der Waals surface area (Å²) in [5, 5.41) is 15.5. The molecule has 5 aromatic carbocycles. The van der Waals surface area contributed by atoms with Crippen LogP contribution in [0.1, 0.15) is 26.3 Å². The molecule has 0 aliphatic rings. The van der Waals surface area contributed by atoms with E-state index in [1.165, 1.54) is 0 Å². The molecule has 0 amide bonds. The maximum absolute atomic E-state index is 11.6. The van der Waals surface area contributed by atoms with Crippen LogP contribution in [-0.4, -0.2) is 19.6 Å². The molecule has 6 heteroatoms. The van der Waals surface area contributed by atoms with Gasteiger partial charge in [0.2, 0.25) is 0 Å². The maximum atomic E-state index is 11.6. The SMILES string of the molecule is CC(C)(C)c1cc(-c2ccc3c4ccccc4n(-c4[c-]cccc4)c3n2)nc(-c2c(O)ccc3oc4c(-c5ccccc5)cccc4c23)c1.[Pt]. The van der Waals surface area contributed by atoms with Gasteiger partial charge in [0.1, 0.15) is 22.6 Å². The first-order valence-corrected chi connectivity index (χ1v) is 16.5. The molecule has 5 nitrogen and oxygen atoms in total. The Bertz CT molecular complexity index is 2710. The van der Waals surface area contributed by atoms with Gasteiger partial charge in [-0.15, -0.1) is 6.07 Å². The molecule has 4 heterocycles. The average molecular weight is 830 g/mol. The number of nitrogens with zero attached hydrogens (tertiary/aromatic N) is 3. The normalized spacial score (nSPS) is 11.8. The second-order valence-electron chi connectivity index (χ2n) is 13.5. The van der Waals surface area contributed by atoms with E-state index in [0.717, 1.165) is 72.1 Å². The van der Waals surface area contributed by atoms with Crippen LogP contribution in [0.4, 0.5) is 0 Å². The molecule has 0 aliphatic heterocycles. The van der Waals surface area contributed by atoms with Crippen molar-refractivity contribution in [3.63, 3.8) is 0 Å². The van der Waals surface area contributed by atoms with Crippen molar-refractivity contribution in [3.8, 4) is 45.2 Å². The van der Waals surface area contributed by atoms with Gasteiger partial charge in [-0.1, -0.05) is 93.2 Å². The summed E-state index contributed by atoms with van der Waals surface area (Å²) < 4.78 is 8.71. The topological polar surface area (TPSA) is 64.1 Å². The molecule has 0 aliphatic carbocycles. The number of aromatic nitrogens is 3. The molecule has 0 radical (unpaired) electrons. The van der Waals surface area contributed by atoms with Crippen molar-refractivity contribution in [3.05, 3.63) is 145 Å². The first-order valence-electron chi connectivity index (χ1n) is 16.5. The number of benzene rings is 5. The molecule has 9 rings (SSSR count). The third-order valence-electron chi connectivity index (χ3n) is 9.39. The van der Waals surface area contributed by atoms with E-state index in [-0.39, 0.29) is 32.2 Å². The first kappa shape index (κ1) is 31.7. The predicted octanol–water partition coefficient (Wildman–Crippen LogP) is 11.3. The van der Waals surface area contributed by atoms with Crippen LogP contribution in [0, 0.1) is 6.07 Å². The zero-order valence-electron chi connectivity index (χ0n) is 27.7. The Morgan fingerprint density at radius 1 is 0.680 bits per heavy atom. The van der Waals surface area contributed by atoms with Crippen LogP contribution in [-0.2, 0) is 26.5 Å². The number of furan rings is 1. The van der Waals surface area contributed by atoms with E-state index in [4.69, 9.17) is 14.4 Å². The number of phenolic OH excluding ortho intramolecular Hbond substituents is 1. The van der Waals surface area contributed by atoms with Crippen LogP contribution in [0.2, 0.25) is 0 Å². The number of para-hydroxylation sites is 3. The minimum absolute atomic E-state index is 0. The van der Waals surface area contributed by atoms with Gasteiger partial charge in [-0.2, -0.15) is 24.3 Å². The predicted molar refractivity (Wildman–Crippen MR) is 199 cm³/mol. The molecule has 4 aromatic heterocycles. The average Bonchev–Trinajstić information content (AvgIpc) is 3.67. The van der Waals surface area contributed by atoms with Crippen molar-refractivity contribution in [2.24, 2.45) is 0 Å². The molecular formula is C44H32N3O2Pt-. The van der Waals surface area contributed by atoms with Crippen LogP contribution in [0.5, 0.6) is 5.75 Å². The van der Waals surface area contributed by atoms with E-state index < -0.39 is 0 Å². The molecular weight excluding hydrogens is 798 g/mol. The Morgan fingerprint density at radius 3 is 2.24 bits per heavy atom. The van der Waals surface area contributed by atoms with Crippen molar-refractivity contribution in [2.75, 3.05) is 0 Å². The molecule has 0 fully saturated rings. The summed E-state index contributed by atoms with van der Waals surface area (Å²) in [5.41, 5.74) is 10.0. The van der Waals surface area contributed by atoms with E-state index in [0.29, 0.717) is 16.8 Å². The van der Waals surface area contributed by atoms with Crippen molar-refractivity contribution in [1.29, 1.82) is 0 Å². The van der Waals surface area contributed by atoms with Gasteiger partial charge in [0, 0.05) is 48.2 Å². The minimum Gasteiger partial charge on any atom is -0.507 e. The van der Waals surface area contributed by atoms with E-state index in [1.807, 2.05) is 54.6 Å². The fraction of sp³-hybridized carbons (Fsp3) is 0.0909. The number of hydrogen-bond acceptors (Lipinski definition) is 4. The fourth-order valence-electron chi connectivity index (χ4n) is 6.96. The van der Waals surface area contributed by atoms with Crippen molar-refractivity contribution < 1.29 is 30.6 Å². The molecule has 0 spiro atoms. The van der Waals surface area contributed by atoms with Gasteiger partial charge in [-0.3, -0.25) is 0 Å². The molecule has 0 bridgehead atoms. The Labute approximate surface area is 304 Å². The standard InChI is InChI=1S/C44H32N3O2.Pt/c1-44(2,3)28-25-35(34-22-21-32-31-17-10-11-20-37(31)47(43(32)46-34)29-15-8-5-9-16-29)45-36(26-28)41-38(48)23-24-39-40(41)33-19-12-18-30(42(33)49-39)27-13-6-4-7-14-27;/h4-15,17-26,48H,1-3H3;/q-1;. The fourth-order valence-corrected chi connectivity index (χ4v) is 6.96. The smallest absolute Gasteiger partial charge is 0.144 e. The summed E-state index contributed by atoms with van der Waals surface area (Å²) in [6, 6.07) is 48.1. The monoisotopic (exact) mass is 829 g/mol. The van der Waals surface area contributed by atoms with Gasteiger partial charge < -0.3 is 14.1 Å². The van der Waals surface area contributed by atoms with Gasteiger partial charge in [-0.05, 0) is 59.0 Å².